The lowest BCUT2D eigenvalue weighted by atomic mass is 9.55. The summed E-state index contributed by atoms with van der Waals surface area (Å²) >= 11 is 0. The minimum atomic E-state index is -1.43. The minimum Gasteiger partial charge on any atom is -0.459 e. The highest BCUT2D eigenvalue weighted by atomic mass is 16.8. The van der Waals surface area contributed by atoms with E-state index in [0.717, 1.165) is 55.9 Å². The lowest BCUT2D eigenvalue weighted by Gasteiger charge is -2.59. The first-order valence-electron chi connectivity index (χ1n) is 21.2. The number of carbonyl (C=O) groups is 2. The highest BCUT2D eigenvalue weighted by molar-refractivity contribution is 6.03. The number of nitriles is 1. The Hall–Kier alpha value is -5.32. The van der Waals surface area contributed by atoms with Crippen molar-refractivity contribution in [3.8, 4) is 23.3 Å². The Balaban J connectivity index is 1.42. The molecule has 1 unspecified atom stereocenters. The summed E-state index contributed by atoms with van der Waals surface area (Å²) in [4.78, 5) is 34.1. The largest absolute Gasteiger partial charge is 0.459 e. The van der Waals surface area contributed by atoms with Gasteiger partial charge in [0.15, 0.2) is 0 Å². The van der Waals surface area contributed by atoms with Gasteiger partial charge in [-0.1, -0.05) is 42.3 Å². The molecule has 4 aliphatic rings. The second-order valence-corrected chi connectivity index (χ2v) is 16.1. The maximum Gasteiger partial charge on any atom is 0.254 e. The fraction of sp³-hybridized carbons (Fsp3) is 0.458. The molecule has 1 saturated heterocycles. The first-order valence-corrected chi connectivity index (χ1v) is 21.2. The Morgan fingerprint density at radius 2 is 1.82 bits per heavy atom. The van der Waals surface area contributed by atoms with Crippen molar-refractivity contribution >= 4 is 17.9 Å². The van der Waals surface area contributed by atoms with Gasteiger partial charge in [-0.05, 0) is 111 Å². The van der Waals surface area contributed by atoms with Gasteiger partial charge in [-0.2, -0.15) is 5.26 Å². The summed E-state index contributed by atoms with van der Waals surface area (Å²) in [5, 5.41) is 34.2. The zero-order valence-corrected chi connectivity index (χ0v) is 34.2. The first kappa shape index (κ1) is 42.8. The molecule has 7 atom stereocenters. The molecule has 2 N–H and O–H groups in total. The molecule has 3 aromatic carbocycles. The number of ether oxygens (including phenoxy) is 4. The Morgan fingerprint density at radius 3 is 2.53 bits per heavy atom. The van der Waals surface area contributed by atoms with E-state index in [9.17, 15) is 25.1 Å². The molecule has 0 bridgehead atoms. The maximum atomic E-state index is 14.6. The van der Waals surface area contributed by atoms with Gasteiger partial charge < -0.3 is 38.9 Å². The van der Waals surface area contributed by atoms with E-state index < -0.39 is 24.0 Å². The minimum absolute atomic E-state index is 0.0223. The molecular weight excluding hydrogens is 763 g/mol. The molecular formula is C48H55N3O9. The summed E-state index contributed by atoms with van der Waals surface area (Å²) in [5.41, 5.74) is 3.85. The van der Waals surface area contributed by atoms with Gasteiger partial charge in [0.2, 0.25) is 12.1 Å². The average Bonchev–Trinajstić information content (AvgIpc) is 3.28. The number of amides is 1. The molecule has 2 aliphatic heterocycles. The van der Waals surface area contributed by atoms with Crippen molar-refractivity contribution < 1.29 is 43.6 Å². The van der Waals surface area contributed by atoms with Crippen LogP contribution < -0.4 is 9.47 Å². The second-order valence-electron chi connectivity index (χ2n) is 16.1. The van der Waals surface area contributed by atoms with Crippen LogP contribution in [0.2, 0.25) is 0 Å². The molecule has 12 heteroatoms. The standard InChI is InChI=1S/C48H55N3O9/c1-3-24-57-48-43(51(2)47(55)34-18-16-32(30-49)17-19-34)29-41(50-60-44-15-6-9-25-56-44)39-27-35(12-4-7-22-52)38(14-5-8-23-53)45(46(39)48)40-28-37(20-21-42(40)59-48)58-36-13-10-11-33(26-36)31-54/h3,10-11,13,16-21,26-28,31,35,38,43-46,52-53H,1,4-9,12,14-15,22-25,29H2,2H3/t35-,38+,43-,44?,45+,46+,48+/m0/s1. The Bertz CT molecular complexity index is 2090. The Labute approximate surface area is 352 Å². The number of oxime groups is 1. The third-order valence-electron chi connectivity index (χ3n) is 12.3. The van der Waals surface area contributed by atoms with E-state index in [2.05, 4.69) is 18.7 Å². The SMILES string of the molecule is C=CCO[C@@]12Oc3ccc(Oc4cccc(C=O)c4)cc3[C@H]3[C@H](CCCCO)[C@@H](CCCCO)C=C(C(=NOC4CCCCO4)C[C@@H]1N(C)C(=O)c1ccc(C#N)cc1)[C@H]32. The van der Waals surface area contributed by atoms with Crippen molar-refractivity contribution in [2.75, 3.05) is 33.5 Å². The lowest BCUT2D eigenvalue weighted by molar-refractivity contribution is -0.252. The van der Waals surface area contributed by atoms with Gasteiger partial charge in [-0.3, -0.25) is 9.59 Å². The van der Waals surface area contributed by atoms with Crippen LogP contribution in [0.1, 0.15) is 102 Å². The van der Waals surface area contributed by atoms with Gasteiger partial charge in [-0.25, -0.2) is 0 Å². The number of unbranched alkanes of at least 4 members (excludes halogenated alkanes) is 2. The molecule has 2 heterocycles. The molecule has 60 heavy (non-hydrogen) atoms. The van der Waals surface area contributed by atoms with E-state index in [4.69, 9.17) is 28.9 Å². The number of rotatable bonds is 18. The van der Waals surface area contributed by atoms with Gasteiger partial charge in [-0.15, -0.1) is 6.58 Å². The summed E-state index contributed by atoms with van der Waals surface area (Å²) in [5.74, 6) is -0.719. The van der Waals surface area contributed by atoms with Crippen LogP contribution in [0.15, 0.2) is 96.2 Å². The highest BCUT2D eigenvalue weighted by Crippen LogP contribution is 2.62. The van der Waals surface area contributed by atoms with Crippen molar-refractivity contribution in [1.82, 2.24) is 4.90 Å². The van der Waals surface area contributed by atoms with Gasteiger partial charge in [0.25, 0.3) is 5.91 Å². The van der Waals surface area contributed by atoms with Crippen molar-refractivity contribution in [3.63, 3.8) is 0 Å². The van der Waals surface area contributed by atoms with Crippen LogP contribution in [0.5, 0.6) is 17.2 Å². The Kier molecular flexibility index (Phi) is 14.1. The maximum absolute atomic E-state index is 14.6. The molecule has 12 nitrogen and oxygen atoms in total. The van der Waals surface area contributed by atoms with Gasteiger partial charge >= 0.3 is 0 Å². The normalized spacial score (nSPS) is 26.0. The molecule has 316 valence electrons. The Morgan fingerprint density at radius 1 is 1.03 bits per heavy atom. The van der Waals surface area contributed by atoms with Gasteiger partial charge in [0.05, 0.1) is 36.5 Å². The molecule has 1 amide bonds. The smallest absolute Gasteiger partial charge is 0.254 e. The van der Waals surface area contributed by atoms with Gasteiger partial charge in [0, 0.05) is 55.7 Å². The molecule has 1 saturated carbocycles. The monoisotopic (exact) mass is 817 g/mol. The molecule has 2 aliphatic carbocycles. The number of aliphatic hydroxyl groups excluding tert-OH is 2. The van der Waals surface area contributed by atoms with E-state index in [1.54, 1.807) is 66.6 Å². The summed E-state index contributed by atoms with van der Waals surface area (Å²) in [6, 6.07) is 20.7. The summed E-state index contributed by atoms with van der Waals surface area (Å²) < 4.78 is 26.6. The lowest BCUT2D eigenvalue weighted by Crippen LogP contribution is -2.69. The van der Waals surface area contributed by atoms with Crippen molar-refractivity contribution in [2.24, 2.45) is 22.9 Å². The van der Waals surface area contributed by atoms with E-state index in [1.165, 1.54) is 0 Å². The molecule has 3 aromatic rings. The molecule has 7 rings (SSSR count). The van der Waals surface area contributed by atoms with Crippen molar-refractivity contribution in [1.29, 1.82) is 5.26 Å². The molecule has 0 radical (unpaired) electrons. The van der Waals surface area contributed by atoms with Crippen LogP contribution in [-0.4, -0.2) is 84.6 Å². The number of aliphatic hydroxyl groups is 2. The average molecular weight is 818 g/mol. The third-order valence-corrected chi connectivity index (χ3v) is 12.3. The number of benzene rings is 3. The van der Waals surface area contributed by atoms with Crippen molar-refractivity contribution in [3.05, 3.63) is 113 Å². The molecule has 0 spiro atoms. The second kappa shape index (κ2) is 19.8. The van der Waals surface area contributed by atoms with Crippen LogP contribution in [0.3, 0.4) is 0 Å². The zero-order valence-electron chi connectivity index (χ0n) is 34.2. The van der Waals surface area contributed by atoms with Crippen LogP contribution in [0, 0.1) is 29.1 Å². The number of allylic oxidation sites excluding steroid dienone is 1. The quantitative estimate of drug-likeness (QED) is 0.0556. The summed E-state index contributed by atoms with van der Waals surface area (Å²) in [6.45, 7) is 4.88. The molecule has 2 fully saturated rings. The number of aldehydes is 1. The zero-order chi connectivity index (χ0) is 42.1. The number of fused-ring (bicyclic) bond motifs is 2. The third kappa shape index (κ3) is 9.05. The van der Waals surface area contributed by atoms with Crippen molar-refractivity contribution in [2.45, 2.75) is 88.2 Å². The van der Waals surface area contributed by atoms with E-state index in [1.807, 2.05) is 18.2 Å². The topological polar surface area (TPSA) is 160 Å². The fourth-order valence-corrected chi connectivity index (χ4v) is 9.53. The van der Waals surface area contributed by atoms with Crippen LogP contribution in [0.25, 0.3) is 0 Å². The summed E-state index contributed by atoms with van der Waals surface area (Å²) in [7, 11) is 1.75. The van der Waals surface area contributed by atoms with Crippen LogP contribution in [0.4, 0.5) is 0 Å². The number of carbonyl (C=O) groups excluding carboxylic acids is 2. The predicted molar refractivity (Wildman–Crippen MR) is 225 cm³/mol. The number of hydrogen-bond donors (Lipinski definition) is 2. The fourth-order valence-electron chi connectivity index (χ4n) is 9.53. The predicted octanol–water partition coefficient (Wildman–Crippen LogP) is 8.10. The number of likely N-dealkylation sites (N-methyl/N-ethyl adjacent to an activating group) is 1. The van der Waals surface area contributed by atoms with E-state index >= 15 is 0 Å². The van der Waals surface area contributed by atoms with Crippen LogP contribution >= 0.6 is 0 Å². The number of hydrogen-bond acceptors (Lipinski definition) is 11. The van der Waals surface area contributed by atoms with Gasteiger partial charge in [0.1, 0.15) is 29.6 Å². The first-order chi connectivity index (χ1) is 29.3. The highest BCUT2D eigenvalue weighted by Gasteiger charge is 2.65. The summed E-state index contributed by atoms with van der Waals surface area (Å²) in [6.07, 6.45) is 11.6. The number of nitrogens with zero attached hydrogens (tertiary/aromatic N) is 3. The van der Waals surface area contributed by atoms with E-state index in [0.29, 0.717) is 65.5 Å². The van der Waals surface area contributed by atoms with E-state index in [-0.39, 0.29) is 49.9 Å². The molecule has 0 aromatic heterocycles. The van der Waals surface area contributed by atoms with Crippen LogP contribution in [-0.2, 0) is 14.3 Å².